The van der Waals surface area contributed by atoms with Crippen LogP contribution in [0.1, 0.15) is 46.3 Å². The van der Waals surface area contributed by atoms with E-state index in [2.05, 4.69) is 35.8 Å². The zero-order chi connectivity index (χ0) is 31.5. The van der Waals surface area contributed by atoms with Crippen molar-refractivity contribution in [2.45, 2.75) is 51.3 Å². The van der Waals surface area contributed by atoms with E-state index in [9.17, 15) is 4.79 Å². The van der Waals surface area contributed by atoms with Crippen LogP contribution < -0.4 is 15.4 Å². The smallest absolute Gasteiger partial charge is 0.255 e. The van der Waals surface area contributed by atoms with Crippen molar-refractivity contribution in [3.05, 3.63) is 141 Å². The van der Waals surface area contributed by atoms with Gasteiger partial charge in [-0.2, -0.15) is 4.98 Å². The molecule has 1 aromatic heterocycles. The molecule has 1 atom stereocenters. The summed E-state index contributed by atoms with van der Waals surface area (Å²) in [6, 6.07) is 29.2. The molecule has 228 valence electrons. The summed E-state index contributed by atoms with van der Waals surface area (Å²) in [7, 11) is 0. The molecule has 7 nitrogen and oxygen atoms in total. The monoisotopic (exact) mass is 635 g/mol. The van der Waals surface area contributed by atoms with Gasteiger partial charge in [0.1, 0.15) is 18.4 Å². The lowest BCUT2D eigenvalue weighted by atomic mass is 9.94. The summed E-state index contributed by atoms with van der Waals surface area (Å²) in [5.74, 6) is 1.67. The van der Waals surface area contributed by atoms with E-state index in [1.54, 1.807) is 4.68 Å². The summed E-state index contributed by atoms with van der Waals surface area (Å²) in [5, 5.41) is 12.7. The Kier molecular flexibility index (Phi) is 8.96. The number of hydrogen-bond donors (Lipinski definition) is 2. The van der Waals surface area contributed by atoms with Gasteiger partial charge in [0.2, 0.25) is 11.1 Å². The van der Waals surface area contributed by atoms with Crippen LogP contribution in [0.4, 0.5) is 11.6 Å². The van der Waals surface area contributed by atoms with E-state index >= 15 is 0 Å². The third-order valence-electron chi connectivity index (χ3n) is 7.85. The van der Waals surface area contributed by atoms with Gasteiger partial charge in [-0.05, 0) is 79.8 Å². The Hall–Kier alpha value is -4.53. The number of nitrogens with one attached hydrogen (secondary N) is 2. The highest BCUT2D eigenvalue weighted by molar-refractivity contribution is 7.98. The van der Waals surface area contributed by atoms with Crippen LogP contribution in [0.2, 0.25) is 5.02 Å². The molecule has 0 spiro atoms. The zero-order valence-electron chi connectivity index (χ0n) is 25.6. The van der Waals surface area contributed by atoms with Gasteiger partial charge in [0.15, 0.2) is 0 Å². The highest BCUT2D eigenvalue weighted by atomic mass is 35.5. The lowest BCUT2D eigenvalue weighted by Crippen LogP contribution is -2.31. The number of aromatic nitrogens is 3. The van der Waals surface area contributed by atoms with Crippen molar-refractivity contribution < 1.29 is 9.53 Å². The second-order valence-electron chi connectivity index (χ2n) is 11.2. The minimum atomic E-state index is -0.545. The third-order valence-corrected chi connectivity index (χ3v) is 9.11. The van der Waals surface area contributed by atoms with E-state index in [-0.39, 0.29) is 5.91 Å². The first-order valence-corrected chi connectivity index (χ1v) is 16.1. The lowest BCUT2D eigenvalue weighted by molar-refractivity contribution is -0.113. The molecule has 0 bridgehead atoms. The number of fused-ring (bicyclic) bond motifs is 1. The molecular formula is C36H34ClN5O2S. The molecule has 9 heteroatoms. The van der Waals surface area contributed by atoms with Gasteiger partial charge < -0.3 is 15.4 Å². The summed E-state index contributed by atoms with van der Waals surface area (Å²) in [6.45, 7) is 8.44. The molecule has 1 amide bonds. The quantitative estimate of drug-likeness (QED) is 0.158. The van der Waals surface area contributed by atoms with E-state index < -0.39 is 6.04 Å². The van der Waals surface area contributed by atoms with Crippen LogP contribution in [0, 0.1) is 20.8 Å². The Morgan fingerprint density at radius 3 is 2.49 bits per heavy atom. The Morgan fingerprint density at radius 2 is 1.71 bits per heavy atom. The second-order valence-corrected chi connectivity index (χ2v) is 12.5. The van der Waals surface area contributed by atoms with Crippen molar-refractivity contribution in [2.75, 3.05) is 10.6 Å². The fraction of sp³-hybridized carbons (Fsp3) is 0.194. The van der Waals surface area contributed by atoms with E-state index in [0.29, 0.717) is 45.5 Å². The average Bonchev–Trinajstić information content (AvgIpc) is 3.43. The van der Waals surface area contributed by atoms with Crippen LogP contribution >= 0.6 is 23.4 Å². The van der Waals surface area contributed by atoms with Gasteiger partial charge in [-0.1, -0.05) is 95.7 Å². The van der Waals surface area contributed by atoms with Crippen LogP contribution in [0.5, 0.6) is 5.75 Å². The number of rotatable bonds is 9. The maximum absolute atomic E-state index is 14.1. The van der Waals surface area contributed by atoms with Crippen LogP contribution in [0.25, 0.3) is 0 Å². The van der Waals surface area contributed by atoms with E-state index in [4.69, 9.17) is 26.4 Å². The van der Waals surface area contributed by atoms with E-state index in [1.807, 2.05) is 93.6 Å². The first-order chi connectivity index (χ1) is 21.8. The van der Waals surface area contributed by atoms with Crippen LogP contribution in [0.3, 0.4) is 0 Å². The maximum Gasteiger partial charge on any atom is 0.255 e. The highest BCUT2D eigenvalue weighted by Gasteiger charge is 2.35. The molecule has 0 fully saturated rings. The van der Waals surface area contributed by atoms with Crippen molar-refractivity contribution in [3.8, 4) is 5.75 Å². The molecule has 5 aromatic rings. The topological polar surface area (TPSA) is 81.1 Å². The number of carbonyl (C=O) groups is 1. The van der Waals surface area contributed by atoms with Crippen molar-refractivity contribution in [1.82, 2.24) is 14.8 Å². The van der Waals surface area contributed by atoms with Gasteiger partial charge in [0.05, 0.1) is 5.57 Å². The van der Waals surface area contributed by atoms with Crippen molar-refractivity contribution in [1.29, 1.82) is 0 Å². The number of anilines is 2. The van der Waals surface area contributed by atoms with Gasteiger partial charge in [-0.25, -0.2) is 4.68 Å². The van der Waals surface area contributed by atoms with Gasteiger partial charge >= 0.3 is 0 Å². The van der Waals surface area contributed by atoms with Gasteiger partial charge in [0, 0.05) is 22.2 Å². The first kappa shape index (κ1) is 30.5. The Labute approximate surface area is 272 Å². The summed E-state index contributed by atoms with van der Waals surface area (Å²) in [6.07, 6.45) is 0. The number of allylic oxidation sites excluding steroid dienone is 1. The molecule has 2 N–H and O–H groups in total. The highest BCUT2D eigenvalue weighted by Crippen LogP contribution is 2.38. The minimum Gasteiger partial charge on any atom is -0.489 e. The molecular weight excluding hydrogens is 602 g/mol. The molecule has 2 heterocycles. The van der Waals surface area contributed by atoms with Crippen LogP contribution in [-0.4, -0.2) is 20.7 Å². The molecule has 0 aliphatic carbocycles. The molecule has 0 radical (unpaired) electrons. The van der Waals surface area contributed by atoms with Gasteiger partial charge in [-0.15, -0.1) is 5.10 Å². The molecule has 1 unspecified atom stereocenters. The Balaban J connectivity index is 1.34. The van der Waals surface area contributed by atoms with Crippen molar-refractivity contribution >= 4 is 40.9 Å². The average molecular weight is 636 g/mol. The number of amides is 1. The number of thioether (sulfide) groups is 1. The molecule has 4 aromatic carbocycles. The largest absolute Gasteiger partial charge is 0.489 e. The van der Waals surface area contributed by atoms with Crippen molar-refractivity contribution in [2.24, 2.45) is 0 Å². The number of aryl methyl sites for hydroxylation is 3. The molecule has 1 aliphatic heterocycles. The molecule has 0 saturated heterocycles. The normalized spacial score (nSPS) is 14.1. The number of ether oxygens (including phenoxy) is 1. The predicted octanol–water partition coefficient (Wildman–Crippen LogP) is 8.66. The number of halogens is 1. The Morgan fingerprint density at radius 1 is 0.933 bits per heavy atom. The van der Waals surface area contributed by atoms with Gasteiger partial charge in [-0.3, -0.25) is 4.79 Å². The molecule has 1 aliphatic rings. The van der Waals surface area contributed by atoms with E-state index in [0.717, 1.165) is 33.5 Å². The third kappa shape index (κ3) is 6.77. The first-order valence-electron chi connectivity index (χ1n) is 14.7. The maximum atomic E-state index is 14.1. The zero-order valence-corrected chi connectivity index (χ0v) is 27.2. The lowest BCUT2D eigenvalue weighted by Gasteiger charge is -2.29. The van der Waals surface area contributed by atoms with Crippen LogP contribution in [-0.2, 0) is 17.2 Å². The van der Waals surface area contributed by atoms with Crippen LogP contribution in [0.15, 0.2) is 107 Å². The molecule has 45 heavy (non-hydrogen) atoms. The fourth-order valence-corrected chi connectivity index (χ4v) is 6.52. The summed E-state index contributed by atoms with van der Waals surface area (Å²) in [5.41, 5.74) is 8.30. The number of benzene rings is 4. The molecule has 0 saturated carbocycles. The van der Waals surface area contributed by atoms with Crippen molar-refractivity contribution in [3.63, 3.8) is 0 Å². The van der Waals surface area contributed by atoms with E-state index in [1.165, 1.54) is 17.3 Å². The number of nitrogens with zero attached hydrogens (tertiary/aromatic N) is 3. The summed E-state index contributed by atoms with van der Waals surface area (Å²) < 4.78 is 8.04. The molecule has 6 rings (SSSR count). The van der Waals surface area contributed by atoms with Gasteiger partial charge in [0.25, 0.3) is 5.91 Å². The fourth-order valence-electron chi connectivity index (χ4n) is 5.40. The SMILES string of the molecule is CC1=C(C(=O)Nc2ccc(C)cc2C)C(c2cccc(OCc3ccccc3C)c2)n2nc(SCc3ccccc3Cl)nc2N1. The standard InChI is InChI=1S/C36H34ClN5O2S/c1-22-16-17-31(24(3)18-22)39-34(43)32-25(4)38-35-40-36(45-21-28-12-7-8-15-30(28)37)41-42(35)33(32)26-13-9-14-29(19-26)44-20-27-11-6-5-10-23(27)2/h5-19,33H,20-21H2,1-4H3,(H,39,43)(H,38,40,41). The number of hydrogen-bond acceptors (Lipinski definition) is 6. The number of carbonyl (C=O) groups excluding carboxylic acids is 1. The minimum absolute atomic E-state index is 0.213. The summed E-state index contributed by atoms with van der Waals surface area (Å²) >= 11 is 7.90. The predicted molar refractivity (Wildman–Crippen MR) is 182 cm³/mol. The summed E-state index contributed by atoms with van der Waals surface area (Å²) in [4.78, 5) is 18.9. The Bertz CT molecular complexity index is 1920. The second kappa shape index (κ2) is 13.2.